The van der Waals surface area contributed by atoms with Crippen molar-refractivity contribution in [1.29, 1.82) is 5.41 Å². The Morgan fingerprint density at radius 3 is 2.68 bits per heavy atom. The number of amidine groups is 1. The second kappa shape index (κ2) is 10.1. The van der Waals surface area contributed by atoms with Crippen LogP contribution in [0.5, 0.6) is 5.75 Å². The largest absolute Gasteiger partial charge is 0.490 e. The number of nitrogens with one attached hydrogen (secondary N) is 2. The van der Waals surface area contributed by atoms with Crippen LogP contribution in [0.25, 0.3) is 10.8 Å². The van der Waals surface area contributed by atoms with Crippen molar-refractivity contribution in [3.63, 3.8) is 0 Å². The van der Waals surface area contributed by atoms with Gasteiger partial charge in [0.15, 0.2) is 5.82 Å². The van der Waals surface area contributed by atoms with Gasteiger partial charge in [0.05, 0.1) is 17.5 Å². The summed E-state index contributed by atoms with van der Waals surface area (Å²) in [6.07, 6.45) is 3.53. The lowest BCUT2D eigenvalue weighted by Crippen LogP contribution is -2.34. The topological polar surface area (TPSA) is 118 Å². The summed E-state index contributed by atoms with van der Waals surface area (Å²) in [4.78, 5) is 3.00. The van der Waals surface area contributed by atoms with Gasteiger partial charge in [-0.25, -0.2) is 4.68 Å². The molecule has 0 bridgehead atoms. The minimum absolute atomic E-state index is 0.0122. The molecule has 0 spiro atoms. The Kier molecular flexibility index (Phi) is 6.50. The molecule has 0 amide bonds. The highest BCUT2D eigenvalue weighted by atomic mass is 32.1. The van der Waals surface area contributed by atoms with Crippen molar-refractivity contribution < 1.29 is 4.74 Å². The molecule has 2 aliphatic rings. The first-order valence-electron chi connectivity index (χ1n) is 12.9. The molecule has 0 aliphatic carbocycles. The number of nitrogen functional groups attached to an aromatic ring is 1. The third kappa shape index (κ3) is 4.72. The lowest BCUT2D eigenvalue weighted by molar-refractivity contribution is 0.162. The number of nitrogens with zero attached hydrogens (tertiary/aromatic N) is 5. The minimum Gasteiger partial charge on any atom is -0.490 e. The second-order valence-corrected chi connectivity index (χ2v) is 10.4. The van der Waals surface area contributed by atoms with Gasteiger partial charge in [0.2, 0.25) is 0 Å². The van der Waals surface area contributed by atoms with Gasteiger partial charge in [-0.2, -0.15) is 0 Å². The number of fused-ring (bicyclic) bond motifs is 2. The van der Waals surface area contributed by atoms with E-state index in [1.807, 2.05) is 25.2 Å². The number of aryl methyl sites for hydroxylation is 1. The van der Waals surface area contributed by atoms with Crippen LogP contribution in [0.2, 0.25) is 0 Å². The van der Waals surface area contributed by atoms with Crippen LogP contribution in [0.3, 0.4) is 0 Å². The van der Waals surface area contributed by atoms with Gasteiger partial charge >= 0.3 is 0 Å². The number of hydrogen-bond acceptors (Lipinski definition) is 7. The van der Waals surface area contributed by atoms with Crippen molar-refractivity contribution >= 4 is 39.5 Å². The molecule has 1 unspecified atom stereocenters. The summed E-state index contributed by atoms with van der Waals surface area (Å²) in [6.45, 7) is 1.98. The lowest BCUT2D eigenvalue weighted by atomic mass is 9.97. The SMILES string of the molecule is Cn1nnnc1CC(=S)N1c2ccc(OC3CCNCC3)cc2CC1c1ccc2ccc(C(=N)N)cc2c1. The van der Waals surface area contributed by atoms with Crippen LogP contribution in [-0.4, -0.2) is 50.2 Å². The Bertz CT molecular complexity index is 1530. The zero-order valence-electron chi connectivity index (χ0n) is 21.2. The van der Waals surface area contributed by atoms with Gasteiger partial charge in [0.25, 0.3) is 0 Å². The molecule has 0 saturated carbocycles. The summed E-state index contributed by atoms with van der Waals surface area (Å²) in [5.41, 5.74) is 9.92. The number of benzene rings is 3. The first-order chi connectivity index (χ1) is 18.5. The molecule has 4 aromatic rings. The van der Waals surface area contributed by atoms with Gasteiger partial charge in [-0.3, -0.25) is 5.41 Å². The van der Waals surface area contributed by atoms with E-state index in [1.165, 1.54) is 5.56 Å². The monoisotopic (exact) mass is 526 g/mol. The maximum atomic E-state index is 7.85. The summed E-state index contributed by atoms with van der Waals surface area (Å²) < 4.78 is 8.02. The predicted octanol–water partition coefficient (Wildman–Crippen LogP) is 3.45. The molecule has 10 heteroatoms. The zero-order chi connectivity index (χ0) is 26.2. The van der Waals surface area contributed by atoms with Gasteiger partial charge < -0.3 is 20.7 Å². The normalized spacial score (nSPS) is 17.5. The van der Waals surface area contributed by atoms with Crippen molar-refractivity contribution in [2.45, 2.75) is 37.8 Å². The van der Waals surface area contributed by atoms with Gasteiger partial charge in [-0.1, -0.05) is 36.5 Å². The van der Waals surface area contributed by atoms with Crippen molar-refractivity contribution in [2.24, 2.45) is 12.8 Å². The first-order valence-corrected chi connectivity index (χ1v) is 13.3. The highest BCUT2D eigenvalue weighted by molar-refractivity contribution is 7.80. The van der Waals surface area contributed by atoms with Crippen LogP contribution in [0.1, 0.15) is 41.4 Å². The molecule has 4 N–H and O–H groups in total. The minimum atomic E-state index is 0.0122. The molecule has 3 aromatic carbocycles. The third-order valence-corrected chi connectivity index (χ3v) is 7.81. The van der Waals surface area contributed by atoms with E-state index in [9.17, 15) is 0 Å². The summed E-state index contributed by atoms with van der Waals surface area (Å²) in [5.74, 6) is 1.69. The highest BCUT2D eigenvalue weighted by Gasteiger charge is 2.34. The molecule has 6 rings (SSSR count). The van der Waals surface area contributed by atoms with E-state index in [-0.39, 0.29) is 18.0 Å². The smallest absolute Gasteiger partial charge is 0.157 e. The van der Waals surface area contributed by atoms with Crippen LogP contribution < -0.4 is 20.7 Å². The van der Waals surface area contributed by atoms with Gasteiger partial charge in [-0.15, -0.1) is 5.10 Å². The molecule has 194 valence electrons. The van der Waals surface area contributed by atoms with E-state index in [1.54, 1.807) is 4.68 Å². The Labute approximate surface area is 226 Å². The standard InChI is InChI=1S/C28H30N8OS/c1-35-26(32-33-34-35)16-27(38)36-24-7-6-23(37-22-8-10-31-11-9-22)14-21(24)15-25(36)18-4-2-17-3-5-19(28(29)30)13-20(17)12-18/h2-7,12-14,22,25,31H,8-11,15-16H2,1H3,(H3,29,30). The molecule has 1 fully saturated rings. The fraction of sp³-hybridized carbons (Fsp3) is 0.321. The molecule has 1 atom stereocenters. The molecule has 38 heavy (non-hydrogen) atoms. The molecular formula is C28H30N8OS. The number of piperidine rings is 1. The number of anilines is 1. The van der Waals surface area contributed by atoms with Crippen LogP contribution in [-0.2, 0) is 19.9 Å². The summed E-state index contributed by atoms with van der Waals surface area (Å²) >= 11 is 6.02. The second-order valence-electron chi connectivity index (χ2n) is 9.97. The van der Waals surface area contributed by atoms with Crippen LogP contribution in [0.4, 0.5) is 5.69 Å². The number of rotatable bonds is 6. The zero-order valence-corrected chi connectivity index (χ0v) is 22.0. The Balaban J connectivity index is 1.36. The maximum absolute atomic E-state index is 7.85. The van der Waals surface area contributed by atoms with Gasteiger partial charge in [-0.05, 0) is 95.0 Å². The average molecular weight is 527 g/mol. The Morgan fingerprint density at radius 2 is 1.92 bits per heavy atom. The van der Waals surface area contributed by atoms with E-state index in [0.717, 1.165) is 70.9 Å². The molecule has 3 heterocycles. The molecule has 9 nitrogen and oxygen atoms in total. The average Bonchev–Trinajstić information content (AvgIpc) is 3.51. The Hall–Kier alpha value is -3.89. The number of ether oxygens (including phenoxy) is 1. The van der Waals surface area contributed by atoms with E-state index in [2.05, 4.69) is 62.1 Å². The quantitative estimate of drug-likeness (QED) is 0.199. The van der Waals surface area contributed by atoms with E-state index >= 15 is 0 Å². The number of nitrogens with two attached hydrogens (primary N) is 1. The lowest BCUT2D eigenvalue weighted by Gasteiger charge is -2.29. The Morgan fingerprint density at radius 1 is 1.11 bits per heavy atom. The fourth-order valence-electron chi connectivity index (χ4n) is 5.44. The van der Waals surface area contributed by atoms with Crippen molar-refractivity contribution in [3.8, 4) is 5.75 Å². The first kappa shape index (κ1) is 24.4. The molecule has 2 aliphatic heterocycles. The van der Waals surface area contributed by atoms with Gasteiger partial charge in [0, 0.05) is 18.3 Å². The van der Waals surface area contributed by atoms with Crippen molar-refractivity contribution in [1.82, 2.24) is 25.5 Å². The van der Waals surface area contributed by atoms with E-state index < -0.39 is 0 Å². The molecular weight excluding hydrogens is 496 g/mol. The van der Waals surface area contributed by atoms with Gasteiger partial charge in [0.1, 0.15) is 17.7 Å². The summed E-state index contributed by atoms with van der Waals surface area (Å²) in [7, 11) is 1.83. The van der Waals surface area contributed by atoms with Crippen LogP contribution in [0.15, 0.2) is 54.6 Å². The summed E-state index contributed by atoms with van der Waals surface area (Å²) in [6, 6.07) is 18.7. The number of hydrogen-bond donors (Lipinski definition) is 3. The van der Waals surface area contributed by atoms with E-state index in [0.29, 0.717) is 12.0 Å². The van der Waals surface area contributed by atoms with Crippen LogP contribution in [0, 0.1) is 5.41 Å². The molecule has 1 saturated heterocycles. The highest BCUT2D eigenvalue weighted by Crippen LogP contribution is 2.43. The number of aromatic nitrogens is 4. The van der Waals surface area contributed by atoms with Crippen LogP contribution >= 0.6 is 12.2 Å². The number of tetrazole rings is 1. The predicted molar refractivity (Wildman–Crippen MR) is 152 cm³/mol. The third-order valence-electron chi connectivity index (χ3n) is 7.47. The maximum Gasteiger partial charge on any atom is 0.157 e. The molecule has 0 radical (unpaired) electrons. The van der Waals surface area contributed by atoms with Crippen molar-refractivity contribution in [3.05, 3.63) is 77.1 Å². The fourth-order valence-corrected chi connectivity index (χ4v) is 5.79. The number of thiocarbonyl (C=S) groups is 1. The van der Waals surface area contributed by atoms with E-state index in [4.69, 9.17) is 28.1 Å². The summed E-state index contributed by atoms with van der Waals surface area (Å²) in [5, 5.41) is 25.3. The van der Waals surface area contributed by atoms with Crippen molar-refractivity contribution in [2.75, 3.05) is 18.0 Å². The molecule has 1 aromatic heterocycles.